The van der Waals surface area contributed by atoms with Gasteiger partial charge in [-0.2, -0.15) is 0 Å². The lowest BCUT2D eigenvalue weighted by Gasteiger charge is -2.48. The molecule has 0 atom stereocenters. The SMILES string of the molecule is CC.CC.CN1CCC2(CC1)OC(=O)CCN2C. The van der Waals surface area contributed by atoms with E-state index in [1.807, 2.05) is 27.7 Å². The van der Waals surface area contributed by atoms with Crippen molar-refractivity contribution in [1.82, 2.24) is 9.80 Å². The van der Waals surface area contributed by atoms with Crippen LogP contribution in [0.5, 0.6) is 0 Å². The molecule has 0 unspecified atom stereocenters. The third-order valence-corrected chi connectivity index (χ3v) is 3.42. The van der Waals surface area contributed by atoms with Gasteiger partial charge in [0.15, 0.2) is 5.72 Å². The standard InChI is InChI=1S/C10H18N2O2.2C2H6/c1-11-7-4-10(5-8-11)12(2)6-3-9(13)14-10;2*1-2/h3-8H2,1-2H3;2*1-2H3. The molecule has 2 fully saturated rings. The Hall–Kier alpha value is -0.610. The first-order valence-electron chi connectivity index (χ1n) is 7.24. The van der Waals surface area contributed by atoms with Crippen LogP contribution < -0.4 is 0 Å². The molecule has 108 valence electrons. The van der Waals surface area contributed by atoms with Crippen molar-refractivity contribution in [3.63, 3.8) is 0 Å². The van der Waals surface area contributed by atoms with E-state index in [0.29, 0.717) is 6.42 Å². The maximum Gasteiger partial charge on any atom is 0.308 e. The van der Waals surface area contributed by atoms with E-state index >= 15 is 0 Å². The molecular formula is C14H30N2O2. The summed E-state index contributed by atoms with van der Waals surface area (Å²) in [7, 11) is 4.16. The molecule has 1 spiro atoms. The molecule has 0 aromatic rings. The number of esters is 1. The molecule has 4 nitrogen and oxygen atoms in total. The van der Waals surface area contributed by atoms with E-state index in [9.17, 15) is 4.79 Å². The number of likely N-dealkylation sites (tertiary alicyclic amines) is 1. The molecule has 0 aliphatic carbocycles. The minimum atomic E-state index is -0.290. The van der Waals surface area contributed by atoms with E-state index in [4.69, 9.17) is 4.74 Å². The number of piperidine rings is 1. The molecule has 0 radical (unpaired) electrons. The Labute approximate surface area is 112 Å². The number of nitrogens with zero attached hydrogens (tertiary/aromatic N) is 2. The lowest BCUT2D eigenvalue weighted by Crippen LogP contribution is -2.59. The van der Waals surface area contributed by atoms with Crippen LogP contribution in [0.1, 0.15) is 47.0 Å². The summed E-state index contributed by atoms with van der Waals surface area (Å²) < 4.78 is 5.54. The molecule has 0 aromatic heterocycles. The van der Waals surface area contributed by atoms with Crippen molar-refractivity contribution in [3.8, 4) is 0 Å². The van der Waals surface area contributed by atoms with Crippen LogP contribution in [0.15, 0.2) is 0 Å². The van der Waals surface area contributed by atoms with E-state index in [1.165, 1.54) is 0 Å². The van der Waals surface area contributed by atoms with Crippen molar-refractivity contribution in [3.05, 3.63) is 0 Å². The van der Waals surface area contributed by atoms with Gasteiger partial charge < -0.3 is 9.64 Å². The predicted molar refractivity (Wildman–Crippen MR) is 75.5 cm³/mol. The van der Waals surface area contributed by atoms with Crippen LogP contribution in [0, 0.1) is 0 Å². The van der Waals surface area contributed by atoms with Gasteiger partial charge in [-0.15, -0.1) is 0 Å². The fourth-order valence-electron chi connectivity index (χ4n) is 2.26. The summed E-state index contributed by atoms with van der Waals surface area (Å²) in [5.74, 6) is -0.0346. The topological polar surface area (TPSA) is 32.8 Å². The predicted octanol–water partition coefficient (Wildman–Crippen LogP) is 2.34. The van der Waals surface area contributed by atoms with Crippen molar-refractivity contribution >= 4 is 5.97 Å². The maximum atomic E-state index is 11.3. The quantitative estimate of drug-likeness (QED) is 0.624. The van der Waals surface area contributed by atoms with Crippen molar-refractivity contribution in [2.75, 3.05) is 33.7 Å². The van der Waals surface area contributed by atoms with E-state index in [1.54, 1.807) is 0 Å². The monoisotopic (exact) mass is 258 g/mol. The highest BCUT2D eigenvalue weighted by molar-refractivity contribution is 5.70. The molecule has 4 heteroatoms. The van der Waals surface area contributed by atoms with Crippen molar-refractivity contribution < 1.29 is 9.53 Å². The highest BCUT2D eigenvalue weighted by Crippen LogP contribution is 2.32. The summed E-state index contributed by atoms with van der Waals surface area (Å²) in [5, 5.41) is 0. The highest BCUT2D eigenvalue weighted by atomic mass is 16.6. The number of ether oxygens (including phenoxy) is 1. The summed E-state index contributed by atoms with van der Waals surface area (Å²) in [6, 6.07) is 0. The number of hydrogen-bond donors (Lipinski definition) is 0. The molecule has 2 saturated heterocycles. The maximum absolute atomic E-state index is 11.3. The summed E-state index contributed by atoms with van der Waals surface area (Å²) in [6.45, 7) is 10.9. The third-order valence-electron chi connectivity index (χ3n) is 3.42. The Morgan fingerprint density at radius 3 is 2.00 bits per heavy atom. The van der Waals surface area contributed by atoms with Gasteiger partial charge in [0, 0.05) is 32.5 Å². The molecule has 0 N–H and O–H groups in total. The summed E-state index contributed by atoms with van der Waals surface area (Å²) in [4.78, 5) is 15.8. The first-order valence-corrected chi connectivity index (χ1v) is 7.24. The van der Waals surface area contributed by atoms with Crippen LogP contribution >= 0.6 is 0 Å². The largest absolute Gasteiger partial charge is 0.444 e. The van der Waals surface area contributed by atoms with Gasteiger partial charge in [0.1, 0.15) is 0 Å². The molecule has 2 rings (SSSR count). The summed E-state index contributed by atoms with van der Waals surface area (Å²) in [5.41, 5.74) is -0.290. The van der Waals surface area contributed by atoms with Gasteiger partial charge in [-0.05, 0) is 14.1 Å². The van der Waals surface area contributed by atoms with E-state index in [2.05, 4.69) is 23.9 Å². The van der Waals surface area contributed by atoms with Gasteiger partial charge in [-0.25, -0.2) is 0 Å². The molecular weight excluding hydrogens is 228 g/mol. The van der Waals surface area contributed by atoms with Crippen LogP contribution in [0.2, 0.25) is 0 Å². The Balaban J connectivity index is 0.000000659. The molecule has 0 amide bonds. The lowest BCUT2D eigenvalue weighted by molar-refractivity contribution is -0.207. The number of carbonyl (C=O) groups is 1. The van der Waals surface area contributed by atoms with Crippen molar-refractivity contribution in [1.29, 1.82) is 0 Å². The normalized spacial score (nSPS) is 23.3. The van der Waals surface area contributed by atoms with Crippen LogP contribution in [0.4, 0.5) is 0 Å². The zero-order valence-corrected chi connectivity index (χ0v) is 13.0. The second-order valence-corrected chi connectivity index (χ2v) is 4.40. The number of rotatable bonds is 0. The molecule has 18 heavy (non-hydrogen) atoms. The van der Waals surface area contributed by atoms with Gasteiger partial charge in [-0.3, -0.25) is 9.69 Å². The average molecular weight is 258 g/mol. The van der Waals surface area contributed by atoms with Gasteiger partial charge in [-0.1, -0.05) is 27.7 Å². The van der Waals surface area contributed by atoms with E-state index in [0.717, 1.165) is 32.5 Å². The number of hydrogen-bond acceptors (Lipinski definition) is 4. The van der Waals surface area contributed by atoms with Gasteiger partial charge in [0.2, 0.25) is 0 Å². The minimum absolute atomic E-state index is 0.0346. The van der Waals surface area contributed by atoms with Crippen molar-refractivity contribution in [2.45, 2.75) is 52.7 Å². The van der Waals surface area contributed by atoms with Crippen molar-refractivity contribution in [2.24, 2.45) is 0 Å². The summed E-state index contributed by atoms with van der Waals surface area (Å²) in [6.07, 6.45) is 2.41. The third kappa shape index (κ3) is 4.25. The van der Waals surface area contributed by atoms with E-state index in [-0.39, 0.29) is 11.7 Å². The second-order valence-electron chi connectivity index (χ2n) is 4.40. The first-order chi connectivity index (χ1) is 8.62. The molecule has 2 heterocycles. The fraction of sp³-hybridized carbons (Fsp3) is 0.929. The van der Waals surface area contributed by atoms with Gasteiger partial charge in [0.25, 0.3) is 0 Å². The summed E-state index contributed by atoms with van der Waals surface area (Å²) >= 11 is 0. The van der Waals surface area contributed by atoms with E-state index < -0.39 is 0 Å². The fourth-order valence-corrected chi connectivity index (χ4v) is 2.26. The number of carbonyl (C=O) groups excluding carboxylic acids is 1. The molecule has 2 aliphatic rings. The second kappa shape index (κ2) is 8.48. The average Bonchev–Trinajstić information content (AvgIpc) is 2.42. The first kappa shape index (κ1) is 17.4. The Bertz CT molecular complexity index is 236. The van der Waals surface area contributed by atoms with Crippen LogP contribution in [-0.2, 0) is 9.53 Å². The van der Waals surface area contributed by atoms with Gasteiger partial charge >= 0.3 is 5.97 Å². The van der Waals surface area contributed by atoms with Crippen LogP contribution in [0.25, 0.3) is 0 Å². The highest BCUT2D eigenvalue weighted by Gasteiger charge is 2.43. The zero-order chi connectivity index (χ0) is 14.2. The van der Waals surface area contributed by atoms with Crippen LogP contribution in [0.3, 0.4) is 0 Å². The molecule has 2 aliphatic heterocycles. The Morgan fingerprint density at radius 2 is 1.50 bits per heavy atom. The molecule has 0 bridgehead atoms. The minimum Gasteiger partial charge on any atom is -0.444 e. The Kier molecular flexibility index (Phi) is 8.20. The lowest BCUT2D eigenvalue weighted by atomic mass is 9.97. The molecule has 0 aromatic carbocycles. The Morgan fingerprint density at radius 1 is 1.00 bits per heavy atom. The van der Waals surface area contributed by atoms with Gasteiger partial charge in [0.05, 0.1) is 6.42 Å². The van der Waals surface area contributed by atoms with Crippen LogP contribution in [-0.4, -0.2) is 55.2 Å². The molecule has 0 saturated carbocycles. The zero-order valence-electron chi connectivity index (χ0n) is 13.0. The smallest absolute Gasteiger partial charge is 0.308 e.